The third-order valence-electron chi connectivity index (χ3n) is 1.80. The molecule has 6 heteroatoms. The third-order valence-corrected chi connectivity index (χ3v) is 2.34. The van der Waals surface area contributed by atoms with Crippen molar-refractivity contribution in [3.63, 3.8) is 0 Å². The lowest BCUT2D eigenvalue weighted by molar-refractivity contribution is 0.459. The molecule has 0 aliphatic carbocycles. The number of anilines is 1. The lowest BCUT2D eigenvalue weighted by atomic mass is 10.3. The lowest BCUT2D eigenvalue weighted by Gasteiger charge is -2.07. The molecule has 1 heterocycles. The number of hydrogen-bond acceptors (Lipinski definition) is 5. The van der Waals surface area contributed by atoms with Crippen LogP contribution in [0.1, 0.15) is 0 Å². The first-order chi connectivity index (χ1) is 7.79. The molecule has 0 bridgehead atoms. The first-order valence-electron chi connectivity index (χ1n) is 4.51. The molecule has 0 atom stereocenters. The maximum Gasteiger partial charge on any atom is 0.240 e. The second kappa shape index (κ2) is 4.91. The first-order valence-corrected chi connectivity index (χ1v) is 5.31. The highest BCUT2D eigenvalue weighted by Crippen LogP contribution is 2.27. The van der Waals surface area contributed by atoms with Gasteiger partial charge < -0.3 is 4.74 Å². The number of benzene rings is 1. The van der Waals surface area contributed by atoms with Crippen LogP contribution in [0.5, 0.6) is 11.6 Å². The van der Waals surface area contributed by atoms with E-state index in [9.17, 15) is 0 Å². The molecule has 0 radical (unpaired) electrons. The van der Waals surface area contributed by atoms with Crippen molar-refractivity contribution in [2.24, 2.45) is 5.84 Å². The van der Waals surface area contributed by atoms with Gasteiger partial charge in [-0.1, -0.05) is 18.2 Å². The van der Waals surface area contributed by atoms with E-state index in [0.717, 1.165) is 0 Å². The predicted molar refractivity (Wildman–Crippen MR) is 64.1 cm³/mol. The number of nitrogens with two attached hydrogens (primary N) is 1. The number of para-hydroxylation sites is 1. The second-order valence-electron chi connectivity index (χ2n) is 2.91. The molecular formula is C10H9BrN4O. The summed E-state index contributed by atoms with van der Waals surface area (Å²) >= 11 is 3.30. The highest BCUT2D eigenvalue weighted by atomic mass is 79.9. The predicted octanol–water partition coefficient (Wildman–Crippen LogP) is 2.32. The summed E-state index contributed by atoms with van der Waals surface area (Å²) in [5, 5.41) is 0. The number of ether oxygens (including phenoxy) is 1. The van der Waals surface area contributed by atoms with Crippen LogP contribution < -0.4 is 16.0 Å². The molecule has 16 heavy (non-hydrogen) atoms. The summed E-state index contributed by atoms with van der Waals surface area (Å²) in [7, 11) is 0. The summed E-state index contributed by atoms with van der Waals surface area (Å²) < 4.78 is 6.22. The molecular weight excluding hydrogens is 272 g/mol. The van der Waals surface area contributed by atoms with Crippen LogP contribution in [0.3, 0.4) is 0 Å². The normalized spacial score (nSPS) is 9.88. The van der Waals surface area contributed by atoms with Crippen molar-refractivity contribution in [1.29, 1.82) is 0 Å². The Morgan fingerprint density at radius 2 is 2.00 bits per heavy atom. The van der Waals surface area contributed by atoms with E-state index in [2.05, 4.69) is 31.3 Å². The van der Waals surface area contributed by atoms with Crippen molar-refractivity contribution < 1.29 is 4.74 Å². The number of nitrogen functional groups attached to an aromatic ring is 1. The average Bonchev–Trinajstić information content (AvgIpc) is 2.33. The second-order valence-corrected chi connectivity index (χ2v) is 3.76. The summed E-state index contributed by atoms with van der Waals surface area (Å²) in [6.45, 7) is 0. The number of nitrogens with one attached hydrogen (secondary N) is 1. The maximum atomic E-state index is 5.56. The zero-order valence-corrected chi connectivity index (χ0v) is 9.81. The topological polar surface area (TPSA) is 73.1 Å². The fourth-order valence-corrected chi connectivity index (χ4v) is 1.36. The minimum absolute atomic E-state index is 0.300. The Kier molecular flexibility index (Phi) is 3.33. The summed E-state index contributed by atoms with van der Waals surface area (Å²) in [4.78, 5) is 7.99. The Bertz CT molecular complexity index is 478. The molecule has 2 aromatic rings. The van der Waals surface area contributed by atoms with Gasteiger partial charge in [0, 0.05) is 0 Å². The zero-order chi connectivity index (χ0) is 11.4. The minimum atomic E-state index is 0.300. The molecule has 1 aromatic carbocycles. The van der Waals surface area contributed by atoms with Crippen molar-refractivity contribution in [1.82, 2.24) is 9.97 Å². The van der Waals surface area contributed by atoms with Gasteiger partial charge in [-0.25, -0.2) is 10.8 Å². The molecule has 0 aliphatic heterocycles. The van der Waals surface area contributed by atoms with E-state index in [1.165, 1.54) is 0 Å². The van der Waals surface area contributed by atoms with Crippen LogP contribution in [0.15, 0.2) is 41.0 Å². The molecule has 2 rings (SSSR count). The highest BCUT2D eigenvalue weighted by Gasteiger charge is 2.06. The number of aromatic nitrogens is 2. The Morgan fingerprint density at radius 1 is 1.25 bits per heavy atom. The third kappa shape index (κ3) is 2.47. The monoisotopic (exact) mass is 280 g/mol. The Labute approximate surface area is 101 Å². The molecule has 0 saturated heterocycles. The molecule has 0 amide bonds. The molecule has 0 fully saturated rings. The van der Waals surface area contributed by atoms with Gasteiger partial charge in [-0.05, 0) is 28.1 Å². The fourth-order valence-electron chi connectivity index (χ4n) is 1.09. The van der Waals surface area contributed by atoms with E-state index in [-0.39, 0.29) is 0 Å². The van der Waals surface area contributed by atoms with Gasteiger partial charge in [0.05, 0.1) is 10.7 Å². The molecule has 5 nitrogen and oxygen atoms in total. The SMILES string of the molecule is NNc1ncc(Br)c(Oc2ccccc2)n1. The van der Waals surface area contributed by atoms with Crippen LogP contribution >= 0.6 is 15.9 Å². The minimum Gasteiger partial charge on any atom is -0.438 e. The number of hydrazine groups is 1. The van der Waals surface area contributed by atoms with E-state index in [1.54, 1.807) is 6.20 Å². The van der Waals surface area contributed by atoms with Gasteiger partial charge in [-0.15, -0.1) is 0 Å². The van der Waals surface area contributed by atoms with Crippen molar-refractivity contribution in [3.05, 3.63) is 41.0 Å². The van der Waals surface area contributed by atoms with Gasteiger partial charge in [-0.2, -0.15) is 4.98 Å². The molecule has 1 aromatic heterocycles. The van der Waals surface area contributed by atoms with E-state index < -0.39 is 0 Å². The smallest absolute Gasteiger partial charge is 0.240 e. The molecule has 3 N–H and O–H groups in total. The molecule has 0 spiro atoms. The van der Waals surface area contributed by atoms with Gasteiger partial charge in [0.25, 0.3) is 0 Å². The van der Waals surface area contributed by atoms with Crippen LogP contribution in [0, 0.1) is 0 Å². The van der Waals surface area contributed by atoms with Crippen LogP contribution in [0.2, 0.25) is 0 Å². The van der Waals surface area contributed by atoms with Gasteiger partial charge in [-0.3, -0.25) is 5.43 Å². The van der Waals surface area contributed by atoms with Crippen LogP contribution in [-0.2, 0) is 0 Å². The summed E-state index contributed by atoms with van der Waals surface area (Å²) in [6.07, 6.45) is 1.57. The van der Waals surface area contributed by atoms with Crippen molar-refractivity contribution in [2.45, 2.75) is 0 Å². The average molecular weight is 281 g/mol. The molecule has 0 aliphatic rings. The summed E-state index contributed by atoms with van der Waals surface area (Å²) in [5.74, 6) is 6.63. The van der Waals surface area contributed by atoms with Crippen LogP contribution in [0.4, 0.5) is 5.95 Å². The Balaban J connectivity index is 2.27. The molecule has 0 unspecified atom stereocenters. The zero-order valence-electron chi connectivity index (χ0n) is 8.22. The molecule has 82 valence electrons. The lowest BCUT2D eigenvalue weighted by Crippen LogP contribution is -2.10. The van der Waals surface area contributed by atoms with Crippen molar-refractivity contribution >= 4 is 21.9 Å². The van der Waals surface area contributed by atoms with E-state index in [0.29, 0.717) is 22.1 Å². The largest absolute Gasteiger partial charge is 0.438 e. The van der Waals surface area contributed by atoms with E-state index >= 15 is 0 Å². The number of halogens is 1. The number of hydrogen-bond donors (Lipinski definition) is 2. The molecule has 0 saturated carbocycles. The van der Waals surface area contributed by atoms with Gasteiger partial charge >= 0.3 is 0 Å². The number of rotatable bonds is 3. The number of nitrogens with zero attached hydrogens (tertiary/aromatic N) is 2. The van der Waals surface area contributed by atoms with Crippen LogP contribution in [0.25, 0.3) is 0 Å². The van der Waals surface area contributed by atoms with E-state index in [4.69, 9.17) is 10.6 Å². The summed E-state index contributed by atoms with van der Waals surface area (Å²) in [5.41, 5.74) is 2.36. The standard InChI is InChI=1S/C10H9BrN4O/c11-8-6-13-10(15-12)14-9(8)16-7-4-2-1-3-5-7/h1-6H,12H2,(H,13,14,15). The summed E-state index contributed by atoms with van der Waals surface area (Å²) in [6, 6.07) is 9.35. The van der Waals surface area contributed by atoms with Gasteiger partial charge in [0.15, 0.2) is 0 Å². The van der Waals surface area contributed by atoms with Gasteiger partial charge in [0.1, 0.15) is 5.75 Å². The maximum absolute atomic E-state index is 5.56. The van der Waals surface area contributed by atoms with E-state index in [1.807, 2.05) is 30.3 Å². The van der Waals surface area contributed by atoms with Crippen molar-refractivity contribution in [2.75, 3.05) is 5.43 Å². The Morgan fingerprint density at radius 3 is 2.69 bits per heavy atom. The first kappa shape index (κ1) is 10.8. The quantitative estimate of drug-likeness (QED) is 0.667. The van der Waals surface area contributed by atoms with Gasteiger partial charge in [0.2, 0.25) is 11.8 Å². The fraction of sp³-hybridized carbons (Fsp3) is 0. The van der Waals surface area contributed by atoms with Crippen molar-refractivity contribution in [3.8, 4) is 11.6 Å². The van der Waals surface area contributed by atoms with Crippen LogP contribution in [-0.4, -0.2) is 9.97 Å². The Hall–Kier alpha value is -1.66. The highest BCUT2D eigenvalue weighted by molar-refractivity contribution is 9.10.